The fraction of sp³-hybridized carbons (Fsp3) is 0.731. The van der Waals surface area contributed by atoms with Crippen LogP contribution in [0.15, 0.2) is 9.32 Å². The fourth-order valence-corrected chi connectivity index (χ4v) is 6.25. The van der Waals surface area contributed by atoms with Crippen LogP contribution in [0.25, 0.3) is 22.8 Å². The van der Waals surface area contributed by atoms with Crippen LogP contribution in [-0.4, -0.2) is 55.0 Å². The summed E-state index contributed by atoms with van der Waals surface area (Å²) < 4.78 is 21.0. The summed E-state index contributed by atoms with van der Waals surface area (Å²) in [6.07, 6.45) is 10.2. The predicted molar refractivity (Wildman–Crippen MR) is 139 cm³/mol. The molecule has 4 heterocycles. The molecule has 200 valence electrons. The molecule has 3 fully saturated rings. The molecule has 3 aliphatic rings. The van der Waals surface area contributed by atoms with E-state index in [1.165, 1.54) is 44.9 Å². The second-order valence-corrected chi connectivity index (χ2v) is 11.4. The maximum atomic E-state index is 14.0. The number of halogens is 1. The molecule has 2 atom stereocenters. The van der Waals surface area contributed by atoms with Crippen LogP contribution in [0.2, 0.25) is 0 Å². The summed E-state index contributed by atoms with van der Waals surface area (Å²) in [5.41, 5.74) is 1.37. The molecule has 0 bridgehead atoms. The number of aromatic amines is 1. The first-order valence-corrected chi connectivity index (χ1v) is 13.9. The van der Waals surface area contributed by atoms with Gasteiger partial charge in [0.15, 0.2) is 11.5 Å². The van der Waals surface area contributed by atoms with Crippen molar-refractivity contribution in [3.8, 4) is 11.6 Å². The van der Waals surface area contributed by atoms with Gasteiger partial charge in [-0.2, -0.15) is 4.98 Å². The van der Waals surface area contributed by atoms with E-state index >= 15 is 0 Å². The average molecular weight is 513 g/mol. The summed E-state index contributed by atoms with van der Waals surface area (Å²) in [5, 5.41) is 7.48. The molecule has 0 spiro atoms. The van der Waals surface area contributed by atoms with E-state index in [-0.39, 0.29) is 23.7 Å². The first-order chi connectivity index (χ1) is 18.0. The molecule has 1 saturated heterocycles. The monoisotopic (exact) mass is 512 g/mol. The van der Waals surface area contributed by atoms with Crippen LogP contribution < -0.4 is 16.0 Å². The number of nitrogens with one attached hydrogen (secondary N) is 2. The minimum absolute atomic E-state index is 0.173. The molecule has 6 rings (SSSR count). The normalized spacial score (nSPS) is 25.5. The minimum atomic E-state index is -0.656. The Morgan fingerprint density at radius 1 is 1.11 bits per heavy atom. The molecule has 1 aliphatic heterocycles. The Morgan fingerprint density at radius 2 is 1.92 bits per heavy atom. The van der Waals surface area contributed by atoms with Gasteiger partial charge in [0.05, 0.1) is 6.04 Å². The topological polar surface area (TPSA) is 118 Å². The van der Waals surface area contributed by atoms with Crippen molar-refractivity contribution < 1.29 is 8.91 Å². The van der Waals surface area contributed by atoms with Crippen LogP contribution in [0.4, 0.5) is 16.2 Å². The van der Waals surface area contributed by atoms with Gasteiger partial charge in [-0.1, -0.05) is 31.3 Å². The molecule has 3 aromatic rings. The van der Waals surface area contributed by atoms with Crippen LogP contribution in [0.5, 0.6) is 0 Å². The van der Waals surface area contributed by atoms with Crippen molar-refractivity contribution in [3.63, 3.8) is 0 Å². The van der Waals surface area contributed by atoms with Crippen LogP contribution in [-0.2, 0) is 6.54 Å². The first kappa shape index (κ1) is 24.4. The molecular weight excluding hydrogens is 475 g/mol. The lowest BCUT2D eigenvalue weighted by Gasteiger charge is -2.32. The van der Waals surface area contributed by atoms with Gasteiger partial charge in [0.1, 0.15) is 12.2 Å². The summed E-state index contributed by atoms with van der Waals surface area (Å²) in [5.74, 6) is 3.11. The molecule has 11 heteroatoms. The molecule has 2 unspecified atom stereocenters. The average Bonchev–Trinajstić information content (AvgIpc) is 3.57. The number of fused-ring (bicyclic) bond motifs is 1. The number of H-pyrrole nitrogens is 1. The van der Waals surface area contributed by atoms with Crippen molar-refractivity contribution in [2.24, 2.45) is 17.8 Å². The molecule has 2 N–H and O–H groups in total. The summed E-state index contributed by atoms with van der Waals surface area (Å²) in [6, 6.07) is 0.0512. The Kier molecular flexibility index (Phi) is 6.62. The van der Waals surface area contributed by atoms with E-state index < -0.39 is 12.4 Å². The number of hydrogen-bond acceptors (Lipinski definition) is 8. The number of imidazole rings is 1. The van der Waals surface area contributed by atoms with Gasteiger partial charge in [0.25, 0.3) is 0 Å². The van der Waals surface area contributed by atoms with E-state index in [4.69, 9.17) is 19.5 Å². The highest BCUT2D eigenvalue weighted by Crippen LogP contribution is 2.37. The van der Waals surface area contributed by atoms with E-state index in [1.54, 1.807) is 0 Å². The summed E-state index contributed by atoms with van der Waals surface area (Å²) in [4.78, 5) is 30.9. The zero-order valence-electron chi connectivity index (χ0n) is 21.7. The second-order valence-electron chi connectivity index (χ2n) is 11.4. The van der Waals surface area contributed by atoms with Crippen molar-refractivity contribution >= 4 is 22.9 Å². The Labute approximate surface area is 215 Å². The Balaban J connectivity index is 1.48. The first-order valence-electron chi connectivity index (χ1n) is 13.9. The highest BCUT2D eigenvalue weighted by Gasteiger charge is 2.33. The Morgan fingerprint density at radius 3 is 2.59 bits per heavy atom. The van der Waals surface area contributed by atoms with Gasteiger partial charge in [0.2, 0.25) is 17.6 Å². The Bertz CT molecular complexity index is 1290. The number of rotatable bonds is 8. The van der Waals surface area contributed by atoms with Gasteiger partial charge in [-0.05, 0) is 63.2 Å². The Hall–Kier alpha value is -2.98. The maximum Gasteiger partial charge on any atom is 0.439 e. The highest BCUT2D eigenvalue weighted by molar-refractivity contribution is 5.87. The third-order valence-corrected chi connectivity index (χ3v) is 8.84. The lowest BCUT2D eigenvalue weighted by Crippen LogP contribution is -2.34. The van der Waals surface area contributed by atoms with E-state index in [9.17, 15) is 9.18 Å². The zero-order valence-corrected chi connectivity index (χ0v) is 21.7. The smallest absolute Gasteiger partial charge is 0.365 e. The van der Waals surface area contributed by atoms with E-state index in [0.717, 1.165) is 43.3 Å². The largest absolute Gasteiger partial charge is 0.439 e. The van der Waals surface area contributed by atoms with Crippen LogP contribution in [0.1, 0.15) is 71.6 Å². The molecule has 37 heavy (non-hydrogen) atoms. The molecule has 3 aromatic heterocycles. The fourth-order valence-electron chi connectivity index (χ4n) is 6.25. The third kappa shape index (κ3) is 4.72. The SMILES string of the molecule is CC1CCC(Cn2c(N3CCCC3CF)nc3nc(-c4noc(=O)[nH]4)nc(NC(C)C4CCC4)c32)CC1. The summed E-state index contributed by atoms with van der Waals surface area (Å²) in [7, 11) is 0. The quantitative estimate of drug-likeness (QED) is 0.452. The van der Waals surface area contributed by atoms with Gasteiger partial charge in [0, 0.05) is 19.1 Å². The lowest BCUT2D eigenvalue weighted by atomic mass is 9.80. The number of anilines is 2. The number of alkyl halides is 1. The molecule has 0 radical (unpaired) electrons. The van der Waals surface area contributed by atoms with Crippen LogP contribution >= 0.6 is 0 Å². The molecular formula is C26H37FN8O2. The molecule has 0 aromatic carbocycles. The molecule has 10 nitrogen and oxygen atoms in total. The predicted octanol–water partition coefficient (Wildman–Crippen LogP) is 4.53. The van der Waals surface area contributed by atoms with E-state index in [1.807, 2.05) is 0 Å². The molecule has 2 aliphatic carbocycles. The summed E-state index contributed by atoms with van der Waals surface area (Å²) >= 11 is 0. The second kappa shape index (κ2) is 10.1. The van der Waals surface area contributed by atoms with Crippen molar-refractivity contribution in [1.29, 1.82) is 0 Å². The molecule has 2 saturated carbocycles. The number of nitrogens with zero attached hydrogens (tertiary/aromatic N) is 6. The van der Waals surface area contributed by atoms with Gasteiger partial charge in [-0.3, -0.25) is 9.51 Å². The van der Waals surface area contributed by atoms with Crippen LogP contribution in [0.3, 0.4) is 0 Å². The van der Waals surface area contributed by atoms with Crippen molar-refractivity contribution in [1.82, 2.24) is 29.7 Å². The van der Waals surface area contributed by atoms with Crippen molar-refractivity contribution in [2.45, 2.75) is 90.3 Å². The lowest BCUT2D eigenvalue weighted by molar-refractivity contribution is 0.266. The minimum Gasteiger partial charge on any atom is -0.365 e. The number of aromatic nitrogens is 6. The number of hydrogen-bond donors (Lipinski definition) is 2. The summed E-state index contributed by atoms with van der Waals surface area (Å²) in [6.45, 7) is 5.71. The standard InChI is InChI=1S/C26H37FN8O2/c1-15-8-10-17(11-9-15)14-35-20-21(28-16(2)18-5-3-6-18)29-23(24-32-26(36)37-33-24)30-22(20)31-25(35)34-12-4-7-19(34)13-27/h15-19H,3-14H2,1-2H3,(H,28,29,30)(H,32,33,36). The van der Waals surface area contributed by atoms with Crippen molar-refractivity contribution in [2.75, 3.05) is 23.4 Å². The van der Waals surface area contributed by atoms with Gasteiger partial charge in [-0.15, -0.1) is 0 Å². The van der Waals surface area contributed by atoms with E-state index in [0.29, 0.717) is 23.3 Å². The van der Waals surface area contributed by atoms with Gasteiger partial charge >= 0.3 is 5.76 Å². The van der Waals surface area contributed by atoms with Crippen LogP contribution in [0, 0.1) is 17.8 Å². The van der Waals surface area contributed by atoms with Gasteiger partial charge in [-0.25, -0.2) is 19.2 Å². The third-order valence-electron chi connectivity index (χ3n) is 8.84. The zero-order chi connectivity index (χ0) is 25.5. The van der Waals surface area contributed by atoms with Gasteiger partial charge < -0.3 is 14.8 Å². The van der Waals surface area contributed by atoms with E-state index in [2.05, 4.69) is 38.8 Å². The highest BCUT2D eigenvalue weighted by atomic mass is 19.1. The van der Waals surface area contributed by atoms with Crippen molar-refractivity contribution in [3.05, 3.63) is 10.6 Å². The maximum absolute atomic E-state index is 14.0. The molecule has 0 amide bonds.